The number of piperidine rings is 2. The van der Waals surface area contributed by atoms with Crippen molar-refractivity contribution in [3.63, 3.8) is 0 Å². The van der Waals surface area contributed by atoms with Gasteiger partial charge < -0.3 is 15.1 Å². The molecule has 0 bridgehead atoms. The van der Waals surface area contributed by atoms with E-state index in [4.69, 9.17) is 0 Å². The summed E-state index contributed by atoms with van der Waals surface area (Å²) in [5.74, 6) is -0.0188. The van der Waals surface area contributed by atoms with Gasteiger partial charge in [-0.15, -0.1) is 0 Å². The third kappa shape index (κ3) is 4.47. The number of nitrogens with zero attached hydrogens (tertiary/aromatic N) is 3. The van der Waals surface area contributed by atoms with Crippen molar-refractivity contribution in [2.24, 2.45) is 5.92 Å². The first kappa shape index (κ1) is 21.8. The average Bonchev–Trinajstić information content (AvgIpc) is 3.02. The van der Waals surface area contributed by atoms with E-state index in [-0.39, 0.29) is 29.8 Å². The van der Waals surface area contributed by atoms with Crippen molar-refractivity contribution in [1.82, 2.24) is 20.0 Å². The Labute approximate surface area is 184 Å². The third-order valence-corrected chi connectivity index (χ3v) is 7.10. The number of carbonyl (C=O) groups is 3. The number of carbonyl (C=O) groups excluding carboxylic acids is 3. The van der Waals surface area contributed by atoms with Crippen LogP contribution in [0.25, 0.3) is 0 Å². The Hall–Kier alpha value is -2.41. The van der Waals surface area contributed by atoms with Crippen LogP contribution in [0.2, 0.25) is 0 Å². The molecule has 4 rings (SSSR count). The molecule has 7 nitrogen and oxygen atoms in total. The molecule has 7 heteroatoms. The molecule has 1 spiro atoms. The summed E-state index contributed by atoms with van der Waals surface area (Å²) >= 11 is 0. The summed E-state index contributed by atoms with van der Waals surface area (Å²) in [6.45, 7) is 7.63. The summed E-state index contributed by atoms with van der Waals surface area (Å²) in [5.41, 5.74) is 0.512. The number of amides is 4. The molecule has 3 aliphatic rings. The van der Waals surface area contributed by atoms with Gasteiger partial charge in [-0.3, -0.25) is 14.5 Å². The van der Waals surface area contributed by atoms with Gasteiger partial charge in [0.15, 0.2) is 0 Å². The number of imide groups is 1. The quantitative estimate of drug-likeness (QED) is 0.733. The van der Waals surface area contributed by atoms with E-state index in [2.05, 4.69) is 34.5 Å². The van der Waals surface area contributed by atoms with Gasteiger partial charge in [0.1, 0.15) is 5.54 Å². The van der Waals surface area contributed by atoms with Gasteiger partial charge in [0.05, 0.1) is 0 Å². The first-order chi connectivity index (χ1) is 14.9. The summed E-state index contributed by atoms with van der Waals surface area (Å²) in [6.07, 6.45) is 3.66. The van der Waals surface area contributed by atoms with E-state index in [1.807, 2.05) is 24.8 Å². The van der Waals surface area contributed by atoms with Crippen LogP contribution in [0.1, 0.15) is 45.1 Å². The Morgan fingerprint density at radius 1 is 1.06 bits per heavy atom. The minimum Gasteiger partial charge on any atom is -0.342 e. The van der Waals surface area contributed by atoms with Crippen LogP contribution in [0.5, 0.6) is 0 Å². The van der Waals surface area contributed by atoms with Gasteiger partial charge in [0, 0.05) is 44.7 Å². The summed E-state index contributed by atoms with van der Waals surface area (Å²) in [6, 6.07) is 10.2. The molecule has 3 aliphatic heterocycles. The van der Waals surface area contributed by atoms with Gasteiger partial charge in [-0.2, -0.15) is 0 Å². The van der Waals surface area contributed by atoms with Crippen molar-refractivity contribution >= 4 is 17.8 Å². The molecule has 0 unspecified atom stereocenters. The zero-order valence-electron chi connectivity index (χ0n) is 18.7. The van der Waals surface area contributed by atoms with Gasteiger partial charge >= 0.3 is 6.03 Å². The number of likely N-dealkylation sites (tertiary alicyclic amines) is 2. The standard InChI is InChI=1S/C24H34N4O3/c1-18(2)21(29)27-16-11-24(12-17-27)22(30)28(23(31)25-24)20-9-14-26(15-10-20)13-8-19-6-4-3-5-7-19/h3-7,18,20H,8-17H2,1-2H3,(H,25,31). The van der Waals surface area contributed by atoms with Crippen molar-refractivity contribution in [3.05, 3.63) is 35.9 Å². The number of rotatable bonds is 5. The Kier molecular flexibility index (Phi) is 6.32. The van der Waals surface area contributed by atoms with Gasteiger partial charge in [-0.25, -0.2) is 4.79 Å². The van der Waals surface area contributed by atoms with E-state index >= 15 is 0 Å². The van der Waals surface area contributed by atoms with Crippen molar-refractivity contribution in [1.29, 1.82) is 0 Å². The lowest BCUT2D eigenvalue weighted by Crippen LogP contribution is -2.57. The molecule has 0 atom stereocenters. The lowest BCUT2D eigenvalue weighted by atomic mass is 9.86. The van der Waals surface area contributed by atoms with Gasteiger partial charge in [0.25, 0.3) is 5.91 Å². The molecule has 1 N–H and O–H groups in total. The summed E-state index contributed by atoms with van der Waals surface area (Å²) < 4.78 is 0. The molecule has 1 aromatic carbocycles. The zero-order valence-corrected chi connectivity index (χ0v) is 18.7. The van der Waals surface area contributed by atoms with Crippen LogP contribution in [0.3, 0.4) is 0 Å². The van der Waals surface area contributed by atoms with Crippen LogP contribution < -0.4 is 5.32 Å². The van der Waals surface area contributed by atoms with Crippen LogP contribution in [0.4, 0.5) is 4.79 Å². The monoisotopic (exact) mass is 426 g/mol. The highest BCUT2D eigenvalue weighted by atomic mass is 16.2. The van der Waals surface area contributed by atoms with Crippen molar-refractivity contribution in [2.45, 2.75) is 57.5 Å². The van der Waals surface area contributed by atoms with Crippen LogP contribution >= 0.6 is 0 Å². The lowest BCUT2D eigenvalue weighted by Gasteiger charge is -2.39. The van der Waals surface area contributed by atoms with Gasteiger partial charge in [0.2, 0.25) is 5.91 Å². The second-order valence-corrected chi connectivity index (χ2v) is 9.48. The van der Waals surface area contributed by atoms with E-state index in [9.17, 15) is 14.4 Å². The molecule has 0 radical (unpaired) electrons. The fourth-order valence-corrected chi connectivity index (χ4v) is 5.12. The molecule has 0 aliphatic carbocycles. The topological polar surface area (TPSA) is 73.0 Å². The molecule has 1 aromatic rings. The van der Waals surface area contributed by atoms with Crippen molar-refractivity contribution in [3.8, 4) is 0 Å². The van der Waals surface area contributed by atoms with Crippen LogP contribution in [-0.4, -0.2) is 76.8 Å². The van der Waals surface area contributed by atoms with E-state index in [1.54, 1.807) is 0 Å². The molecule has 4 amide bonds. The number of hydrogen-bond acceptors (Lipinski definition) is 4. The van der Waals surface area contributed by atoms with Gasteiger partial charge in [-0.05, 0) is 37.7 Å². The van der Waals surface area contributed by atoms with E-state index in [0.29, 0.717) is 25.9 Å². The van der Waals surface area contributed by atoms with Crippen LogP contribution in [-0.2, 0) is 16.0 Å². The third-order valence-electron chi connectivity index (χ3n) is 7.10. The molecule has 0 aromatic heterocycles. The highest BCUT2D eigenvalue weighted by molar-refractivity contribution is 6.07. The Bertz CT molecular complexity index is 809. The lowest BCUT2D eigenvalue weighted by molar-refractivity contribution is -0.141. The number of benzene rings is 1. The highest BCUT2D eigenvalue weighted by Gasteiger charge is 2.54. The largest absolute Gasteiger partial charge is 0.342 e. The summed E-state index contributed by atoms with van der Waals surface area (Å²) in [5, 5.41) is 3.00. The molecule has 31 heavy (non-hydrogen) atoms. The number of urea groups is 1. The fourth-order valence-electron chi connectivity index (χ4n) is 5.12. The minimum absolute atomic E-state index is 0.0322. The van der Waals surface area contributed by atoms with Crippen LogP contribution in [0, 0.1) is 5.92 Å². The molecular weight excluding hydrogens is 392 g/mol. The van der Waals surface area contributed by atoms with E-state index in [1.165, 1.54) is 10.5 Å². The Balaban J connectivity index is 1.30. The second-order valence-electron chi connectivity index (χ2n) is 9.48. The fraction of sp³-hybridized carbons (Fsp3) is 0.625. The summed E-state index contributed by atoms with van der Waals surface area (Å²) in [7, 11) is 0. The molecule has 3 fully saturated rings. The predicted octanol–water partition coefficient (Wildman–Crippen LogP) is 2.26. The zero-order chi connectivity index (χ0) is 22.0. The second kappa shape index (κ2) is 8.99. The maximum Gasteiger partial charge on any atom is 0.325 e. The minimum atomic E-state index is -0.824. The van der Waals surface area contributed by atoms with Gasteiger partial charge in [-0.1, -0.05) is 44.2 Å². The molecule has 0 saturated carbocycles. The smallest absolute Gasteiger partial charge is 0.325 e. The van der Waals surface area contributed by atoms with Crippen molar-refractivity contribution < 1.29 is 14.4 Å². The Morgan fingerprint density at radius 2 is 1.71 bits per heavy atom. The first-order valence-corrected chi connectivity index (χ1v) is 11.6. The Morgan fingerprint density at radius 3 is 2.32 bits per heavy atom. The SMILES string of the molecule is CC(C)C(=O)N1CCC2(CC1)NC(=O)N(C1CCN(CCc3ccccc3)CC1)C2=O. The molecule has 168 valence electrons. The average molecular weight is 427 g/mol. The predicted molar refractivity (Wildman–Crippen MR) is 118 cm³/mol. The summed E-state index contributed by atoms with van der Waals surface area (Å²) in [4.78, 5) is 44.1. The van der Waals surface area contributed by atoms with Crippen LogP contribution in [0.15, 0.2) is 30.3 Å². The first-order valence-electron chi connectivity index (χ1n) is 11.6. The van der Waals surface area contributed by atoms with Crippen molar-refractivity contribution in [2.75, 3.05) is 32.7 Å². The highest BCUT2D eigenvalue weighted by Crippen LogP contribution is 2.33. The number of hydrogen-bond donors (Lipinski definition) is 1. The maximum absolute atomic E-state index is 13.3. The van der Waals surface area contributed by atoms with E-state index < -0.39 is 5.54 Å². The number of nitrogens with one attached hydrogen (secondary N) is 1. The van der Waals surface area contributed by atoms with E-state index in [0.717, 1.165) is 38.9 Å². The molecule has 3 heterocycles. The molecule has 3 saturated heterocycles. The maximum atomic E-state index is 13.3. The molecular formula is C24H34N4O3. The normalized spacial score (nSPS) is 22.4.